The SMILES string of the molecule is CCCNS(=O)(=O)Nc1nc2ccccc2nc1OC(c1ccc(C)[n+]([O-])c1)C(F)(F)F. The number of hydrogen-bond acceptors (Lipinski definition) is 6. The standard InChI is InChI=1S/C19H20F3N5O4S/c1-3-10-23-32(29,30)26-17-18(25-15-7-5-4-6-14(15)24-17)31-16(19(20,21)22)13-9-8-12(2)27(28)11-13/h4-9,11,16,23H,3,10H2,1-2H3,(H,24,26). The Morgan fingerprint density at radius 2 is 1.81 bits per heavy atom. The molecule has 3 aromatic rings. The summed E-state index contributed by atoms with van der Waals surface area (Å²) in [6.07, 6.45) is -6.29. The number of rotatable bonds is 8. The van der Waals surface area contributed by atoms with Crippen LogP contribution in [0.15, 0.2) is 42.6 Å². The van der Waals surface area contributed by atoms with E-state index < -0.39 is 39.8 Å². The van der Waals surface area contributed by atoms with Crippen LogP contribution in [0, 0.1) is 12.1 Å². The Labute approximate surface area is 182 Å². The van der Waals surface area contributed by atoms with Gasteiger partial charge in [0.2, 0.25) is 11.9 Å². The molecule has 9 nitrogen and oxygen atoms in total. The van der Waals surface area contributed by atoms with Crippen molar-refractivity contribution in [1.29, 1.82) is 0 Å². The summed E-state index contributed by atoms with van der Waals surface area (Å²) >= 11 is 0. The second-order valence-corrected chi connectivity index (χ2v) is 8.33. The van der Waals surface area contributed by atoms with Crippen molar-refractivity contribution in [2.24, 2.45) is 0 Å². The smallest absolute Gasteiger partial charge is 0.430 e. The van der Waals surface area contributed by atoms with Crippen molar-refractivity contribution in [2.45, 2.75) is 32.5 Å². The molecular weight excluding hydrogens is 451 g/mol. The molecule has 0 aliphatic rings. The van der Waals surface area contributed by atoms with Gasteiger partial charge in [-0.15, -0.1) is 0 Å². The first-order valence-electron chi connectivity index (χ1n) is 9.47. The third-order valence-electron chi connectivity index (χ3n) is 4.27. The van der Waals surface area contributed by atoms with E-state index in [0.717, 1.165) is 12.3 Å². The van der Waals surface area contributed by atoms with Crippen LogP contribution >= 0.6 is 0 Å². The molecule has 0 radical (unpaired) electrons. The predicted molar refractivity (Wildman–Crippen MR) is 110 cm³/mol. The van der Waals surface area contributed by atoms with Crippen LogP contribution in [0.1, 0.15) is 30.7 Å². The quantitative estimate of drug-likeness (QED) is 0.385. The fourth-order valence-electron chi connectivity index (χ4n) is 2.69. The number of para-hydroxylation sites is 2. The molecule has 0 fully saturated rings. The molecule has 3 rings (SSSR count). The average Bonchev–Trinajstić information content (AvgIpc) is 2.71. The van der Waals surface area contributed by atoms with Crippen LogP contribution in [0.2, 0.25) is 0 Å². The van der Waals surface area contributed by atoms with E-state index in [1.165, 1.54) is 25.1 Å². The van der Waals surface area contributed by atoms with E-state index in [1.54, 1.807) is 19.1 Å². The van der Waals surface area contributed by atoms with Gasteiger partial charge in [-0.05, 0) is 24.6 Å². The van der Waals surface area contributed by atoms with Crippen molar-refractivity contribution in [3.05, 3.63) is 59.1 Å². The molecule has 0 saturated heterocycles. The number of nitrogens with zero attached hydrogens (tertiary/aromatic N) is 3. The van der Waals surface area contributed by atoms with Gasteiger partial charge < -0.3 is 9.94 Å². The number of alkyl halides is 3. The molecule has 2 N–H and O–H groups in total. The summed E-state index contributed by atoms with van der Waals surface area (Å²) in [6.45, 7) is 3.28. The van der Waals surface area contributed by atoms with E-state index in [2.05, 4.69) is 19.4 Å². The second-order valence-electron chi connectivity index (χ2n) is 6.84. The topological polar surface area (TPSA) is 120 Å². The monoisotopic (exact) mass is 471 g/mol. The summed E-state index contributed by atoms with van der Waals surface area (Å²) in [5.74, 6) is -1.21. The van der Waals surface area contributed by atoms with E-state index in [0.29, 0.717) is 6.42 Å². The number of ether oxygens (including phenoxy) is 1. The number of pyridine rings is 1. The summed E-state index contributed by atoms with van der Waals surface area (Å²) in [6, 6.07) is 8.53. The van der Waals surface area contributed by atoms with Crippen LogP contribution in [-0.4, -0.2) is 31.1 Å². The predicted octanol–water partition coefficient (Wildman–Crippen LogP) is 2.91. The minimum Gasteiger partial charge on any atom is -0.618 e. The van der Waals surface area contributed by atoms with Gasteiger partial charge in [0.05, 0.1) is 16.6 Å². The maximum absolute atomic E-state index is 13.8. The molecule has 0 spiro atoms. The molecular formula is C19H20F3N5O4S. The van der Waals surface area contributed by atoms with Gasteiger partial charge in [0.1, 0.15) is 0 Å². The van der Waals surface area contributed by atoms with Crippen molar-refractivity contribution in [2.75, 3.05) is 11.3 Å². The third kappa shape index (κ3) is 5.53. The van der Waals surface area contributed by atoms with Gasteiger partial charge in [0.15, 0.2) is 11.9 Å². The molecule has 2 aromatic heterocycles. The van der Waals surface area contributed by atoms with Gasteiger partial charge in [-0.3, -0.25) is 4.72 Å². The Morgan fingerprint density at radius 1 is 1.16 bits per heavy atom. The number of benzene rings is 1. The summed E-state index contributed by atoms with van der Waals surface area (Å²) in [4.78, 5) is 8.11. The Bertz CT molecular complexity index is 1220. The molecule has 1 aromatic carbocycles. The normalized spacial score (nSPS) is 13.2. The number of aryl methyl sites for hydroxylation is 1. The lowest BCUT2D eigenvalue weighted by Gasteiger charge is -2.22. The van der Waals surface area contributed by atoms with E-state index in [-0.39, 0.29) is 28.0 Å². The Balaban J connectivity index is 2.08. The van der Waals surface area contributed by atoms with Crippen LogP contribution in [-0.2, 0) is 10.2 Å². The van der Waals surface area contributed by atoms with E-state index in [4.69, 9.17) is 4.74 Å². The zero-order valence-electron chi connectivity index (χ0n) is 17.0. The van der Waals surface area contributed by atoms with Gasteiger partial charge >= 0.3 is 6.18 Å². The largest absolute Gasteiger partial charge is 0.618 e. The van der Waals surface area contributed by atoms with Crippen molar-refractivity contribution >= 4 is 27.1 Å². The number of halogens is 3. The van der Waals surface area contributed by atoms with E-state index in [1.807, 2.05) is 0 Å². The molecule has 1 atom stereocenters. The minimum atomic E-state index is -4.94. The minimum absolute atomic E-state index is 0.102. The lowest BCUT2D eigenvalue weighted by molar-refractivity contribution is -0.613. The Morgan fingerprint density at radius 3 is 2.41 bits per heavy atom. The Kier molecular flexibility index (Phi) is 6.69. The zero-order valence-corrected chi connectivity index (χ0v) is 17.9. The highest BCUT2D eigenvalue weighted by Gasteiger charge is 2.45. The van der Waals surface area contributed by atoms with E-state index in [9.17, 15) is 26.8 Å². The fourth-order valence-corrected chi connectivity index (χ4v) is 3.63. The molecule has 0 aliphatic carbocycles. The molecule has 0 bridgehead atoms. The summed E-state index contributed by atoms with van der Waals surface area (Å²) in [5, 5.41) is 11.8. The summed E-state index contributed by atoms with van der Waals surface area (Å²) < 4.78 is 75.8. The maximum Gasteiger partial charge on any atom is 0.430 e. The molecule has 0 saturated carbocycles. The third-order valence-corrected chi connectivity index (χ3v) is 5.32. The Hall–Kier alpha value is -3.19. The van der Waals surface area contributed by atoms with Gasteiger partial charge in [0, 0.05) is 19.5 Å². The summed E-state index contributed by atoms with van der Waals surface area (Å²) in [7, 11) is -4.15. The first-order chi connectivity index (χ1) is 15.0. The highest BCUT2D eigenvalue weighted by molar-refractivity contribution is 7.90. The molecule has 1 unspecified atom stereocenters. The highest BCUT2D eigenvalue weighted by atomic mass is 32.2. The molecule has 0 amide bonds. The first-order valence-corrected chi connectivity index (χ1v) is 11.0. The van der Waals surface area contributed by atoms with Crippen molar-refractivity contribution in [3.8, 4) is 5.88 Å². The average molecular weight is 471 g/mol. The molecule has 0 aliphatic heterocycles. The lowest BCUT2D eigenvalue weighted by Crippen LogP contribution is -2.34. The van der Waals surface area contributed by atoms with Gasteiger partial charge in [0.25, 0.3) is 16.1 Å². The van der Waals surface area contributed by atoms with Crippen LogP contribution < -0.4 is 18.9 Å². The number of anilines is 1. The molecule has 13 heteroatoms. The van der Waals surface area contributed by atoms with Gasteiger partial charge in [-0.1, -0.05) is 19.1 Å². The van der Waals surface area contributed by atoms with Gasteiger partial charge in [-0.25, -0.2) is 9.97 Å². The van der Waals surface area contributed by atoms with Crippen molar-refractivity contribution < 1.29 is 31.1 Å². The second kappa shape index (κ2) is 9.12. The molecule has 2 heterocycles. The molecule has 172 valence electrons. The number of nitrogens with one attached hydrogen (secondary N) is 2. The number of hydrogen-bond donors (Lipinski definition) is 2. The fraction of sp³-hybridized carbons (Fsp3) is 0.316. The van der Waals surface area contributed by atoms with Crippen LogP contribution in [0.3, 0.4) is 0 Å². The van der Waals surface area contributed by atoms with Crippen molar-refractivity contribution in [1.82, 2.24) is 14.7 Å². The maximum atomic E-state index is 13.8. The van der Waals surface area contributed by atoms with Crippen LogP contribution in [0.25, 0.3) is 11.0 Å². The van der Waals surface area contributed by atoms with E-state index >= 15 is 0 Å². The number of fused-ring (bicyclic) bond motifs is 1. The lowest BCUT2D eigenvalue weighted by atomic mass is 10.1. The summed E-state index contributed by atoms with van der Waals surface area (Å²) in [5.41, 5.74) is 0.140. The highest BCUT2D eigenvalue weighted by Crippen LogP contribution is 2.38. The first kappa shape index (κ1) is 23.5. The van der Waals surface area contributed by atoms with Crippen molar-refractivity contribution in [3.63, 3.8) is 0 Å². The van der Waals surface area contributed by atoms with Gasteiger partial charge in [-0.2, -0.15) is 31.0 Å². The van der Waals surface area contributed by atoms with Crippen LogP contribution in [0.5, 0.6) is 5.88 Å². The zero-order chi connectivity index (χ0) is 23.5. The van der Waals surface area contributed by atoms with Crippen LogP contribution in [0.4, 0.5) is 19.0 Å². The number of aromatic nitrogens is 3. The molecule has 32 heavy (non-hydrogen) atoms.